The van der Waals surface area contributed by atoms with Gasteiger partial charge in [0.05, 0.1) is 11.2 Å². The molecule has 1 heterocycles. The van der Waals surface area contributed by atoms with Crippen molar-refractivity contribution in [1.82, 2.24) is 4.98 Å². The fourth-order valence-corrected chi connectivity index (χ4v) is 2.61. The molecule has 2 aromatic carbocycles. The second kappa shape index (κ2) is 8.11. The minimum absolute atomic E-state index is 0.751. The van der Waals surface area contributed by atoms with Crippen molar-refractivity contribution in [1.29, 1.82) is 0 Å². The van der Waals surface area contributed by atoms with Crippen molar-refractivity contribution in [3.05, 3.63) is 97.1 Å². The zero-order valence-electron chi connectivity index (χ0n) is 14.4. The third-order valence-electron chi connectivity index (χ3n) is 4.04. The Morgan fingerprint density at radius 3 is 2.60 bits per heavy atom. The van der Waals surface area contributed by atoms with Crippen LogP contribution in [-0.2, 0) is 0 Å². The Labute approximate surface area is 149 Å². The van der Waals surface area contributed by atoms with Crippen LogP contribution >= 0.6 is 0 Å². The van der Waals surface area contributed by atoms with Crippen molar-refractivity contribution in [3.8, 4) is 11.3 Å². The van der Waals surface area contributed by atoms with Gasteiger partial charge < -0.3 is 5.32 Å². The molecule has 2 nitrogen and oxygen atoms in total. The summed E-state index contributed by atoms with van der Waals surface area (Å²) in [5, 5.41) is 4.58. The first-order valence-electron chi connectivity index (χ1n) is 8.44. The molecule has 0 amide bonds. The van der Waals surface area contributed by atoms with E-state index in [1.165, 1.54) is 0 Å². The van der Waals surface area contributed by atoms with Crippen LogP contribution in [0.4, 0.5) is 5.69 Å². The highest BCUT2D eigenvalue weighted by Crippen LogP contribution is 2.22. The van der Waals surface area contributed by atoms with Gasteiger partial charge >= 0.3 is 0 Å². The number of nitrogens with one attached hydrogen (secondary N) is 1. The smallest absolute Gasteiger partial charge is 0.0709 e. The summed E-state index contributed by atoms with van der Waals surface area (Å²) in [6.45, 7) is 6.61. The Morgan fingerprint density at radius 2 is 1.84 bits per heavy atom. The molecule has 0 aliphatic rings. The number of benzene rings is 2. The molecule has 0 radical (unpaired) electrons. The summed E-state index contributed by atoms with van der Waals surface area (Å²) in [7, 11) is 0. The predicted molar refractivity (Wildman–Crippen MR) is 109 cm³/mol. The standard InChI is InChI=1S/C23H22N2/c1-3-5-8-18(4-2)17-24-21-14-11-20(12-15-21)23-16-13-19-9-6-7-10-22(19)25-23/h3-16,24H,2,17H2,1H3/b5-3-,18-8+. The molecular weight excluding hydrogens is 304 g/mol. The molecule has 124 valence electrons. The van der Waals surface area contributed by atoms with Gasteiger partial charge in [-0.15, -0.1) is 0 Å². The quantitative estimate of drug-likeness (QED) is 0.562. The number of aromatic nitrogens is 1. The highest BCUT2D eigenvalue weighted by atomic mass is 14.9. The van der Waals surface area contributed by atoms with Crippen LogP contribution in [0.5, 0.6) is 0 Å². The maximum atomic E-state index is 4.75. The summed E-state index contributed by atoms with van der Waals surface area (Å²) in [6, 6.07) is 20.7. The number of para-hydroxylation sites is 1. The van der Waals surface area contributed by atoms with Gasteiger partial charge in [0.25, 0.3) is 0 Å². The van der Waals surface area contributed by atoms with Gasteiger partial charge in [0.2, 0.25) is 0 Å². The van der Waals surface area contributed by atoms with Crippen molar-refractivity contribution in [2.45, 2.75) is 6.92 Å². The van der Waals surface area contributed by atoms with Gasteiger partial charge in [0.15, 0.2) is 0 Å². The van der Waals surface area contributed by atoms with Gasteiger partial charge in [-0.3, -0.25) is 0 Å². The minimum atomic E-state index is 0.751. The van der Waals surface area contributed by atoms with Crippen LogP contribution in [0.2, 0.25) is 0 Å². The summed E-state index contributed by atoms with van der Waals surface area (Å²) in [6.07, 6.45) is 7.97. The first-order valence-corrected chi connectivity index (χ1v) is 8.44. The molecule has 3 aromatic rings. The van der Waals surface area contributed by atoms with E-state index >= 15 is 0 Å². The van der Waals surface area contributed by atoms with Gasteiger partial charge in [-0.25, -0.2) is 4.98 Å². The fourth-order valence-electron chi connectivity index (χ4n) is 2.61. The summed E-state index contributed by atoms with van der Waals surface area (Å²) in [5.74, 6) is 0. The molecule has 0 fully saturated rings. The summed E-state index contributed by atoms with van der Waals surface area (Å²) < 4.78 is 0. The molecule has 0 unspecified atom stereocenters. The lowest BCUT2D eigenvalue weighted by molar-refractivity contribution is 1.26. The highest BCUT2D eigenvalue weighted by Gasteiger charge is 2.02. The number of nitrogens with zero attached hydrogens (tertiary/aromatic N) is 1. The van der Waals surface area contributed by atoms with E-state index in [4.69, 9.17) is 4.98 Å². The van der Waals surface area contributed by atoms with Crippen molar-refractivity contribution in [2.24, 2.45) is 0 Å². The SMILES string of the molecule is C=C/C(=C\C=C/C)CNc1ccc(-c2ccc3ccccc3n2)cc1. The lowest BCUT2D eigenvalue weighted by atomic mass is 10.1. The Balaban J connectivity index is 1.74. The Bertz CT molecular complexity index is 918. The van der Waals surface area contributed by atoms with E-state index in [0.29, 0.717) is 0 Å². The molecule has 1 aromatic heterocycles. The summed E-state index contributed by atoms with van der Waals surface area (Å²) in [5.41, 5.74) is 5.36. The highest BCUT2D eigenvalue weighted by molar-refractivity contribution is 5.81. The van der Waals surface area contributed by atoms with Gasteiger partial charge in [0.1, 0.15) is 0 Å². The molecule has 0 bridgehead atoms. The largest absolute Gasteiger partial charge is 0.381 e. The molecule has 0 aliphatic heterocycles. The maximum absolute atomic E-state index is 4.75. The van der Waals surface area contributed by atoms with Crippen molar-refractivity contribution in [3.63, 3.8) is 0 Å². The number of hydrogen-bond acceptors (Lipinski definition) is 2. The second-order valence-corrected chi connectivity index (χ2v) is 5.79. The molecule has 0 atom stereocenters. The van der Waals surface area contributed by atoms with Crippen LogP contribution in [0.1, 0.15) is 6.92 Å². The molecule has 0 spiro atoms. The Hall–Kier alpha value is -3.13. The van der Waals surface area contributed by atoms with E-state index in [9.17, 15) is 0 Å². The minimum Gasteiger partial charge on any atom is -0.381 e. The Morgan fingerprint density at radius 1 is 1.04 bits per heavy atom. The van der Waals surface area contributed by atoms with E-state index in [2.05, 4.69) is 60.4 Å². The summed E-state index contributed by atoms with van der Waals surface area (Å²) in [4.78, 5) is 4.75. The third kappa shape index (κ3) is 4.24. The van der Waals surface area contributed by atoms with Crippen LogP contribution in [-0.4, -0.2) is 11.5 Å². The zero-order chi connectivity index (χ0) is 17.5. The molecule has 0 aliphatic carbocycles. The fraction of sp³-hybridized carbons (Fsp3) is 0.0870. The average Bonchev–Trinajstić information content (AvgIpc) is 2.68. The summed E-state index contributed by atoms with van der Waals surface area (Å²) >= 11 is 0. The molecule has 0 saturated carbocycles. The topological polar surface area (TPSA) is 24.9 Å². The number of allylic oxidation sites excluding steroid dienone is 3. The van der Waals surface area contributed by atoms with Crippen LogP contribution in [0, 0.1) is 0 Å². The molecule has 1 N–H and O–H groups in total. The van der Waals surface area contributed by atoms with E-state index in [0.717, 1.165) is 40.0 Å². The number of rotatable bonds is 6. The van der Waals surface area contributed by atoms with Gasteiger partial charge in [-0.2, -0.15) is 0 Å². The second-order valence-electron chi connectivity index (χ2n) is 5.79. The monoisotopic (exact) mass is 326 g/mol. The lowest BCUT2D eigenvalue weighted by Gasteiger charge is -2.08. The van der Waals surface area contributed by atoms with E-state index < -0.39 is 0 Å². The molecule has 3 rings (SSSR count). The van der Waals surface area contributed by atoms with Crippen molar-refractivity contribution < 1.29 is 0 Å². The number of hydrogen-bond donors (Lipinski definition) is 1. The van der Waals surface area contributed by atoms with Gasteiger partial charge in [0, 0.05) is 23.2 Å². The number of anilines is 1. The number of pyridine rings is 1. The normalized spacial score (nSPS) is 11.8. The first kappa shape index (κ1) is 16.7. The van der Waals surface area contributed by atoms with Crippen LogP contribution < -0.4 is 5.32 Å². The molecule has 25 heavy (non-hydrogen) atoms. The predicted octanol–water partition coefficient (Wildman–Crippen LogP) is 6.00. The van der Waals surface area contributed by atoms with E-state index in [1.54, 1.807) is 0 Å². The Kier molecular flexibility index (Phi) is 5.43. The molecule has 2 heteroatoms. The van der Waals surface area contributed by atoms with E-state index in [1.807, 2.05) is 43.4 Å². The van der Waals surface area contributed by atoms with Crippen LogP contribution in [0.25, 0.3) is 22.2 Å². The zero-order valence-corrected chi connectivity index (χ0v) is 14.4. The average molecular weight is 326 g/mol. The molecular formula is C23H22N2. The van der Waals surface area contributed by atoms with E-state index in [-0.39, 0.29) is 0 Å². The molecule has 0 saturated heterocycles. The third-order valence-corrected chi connectivity index (χ3v) is 4.04. The van der Waals surface area contributed by atoms with Crippen molar-refractivity contribution >= 4 is 16.6 Å². The van der Waals surface area contributed by atoms with Crippen LogP contribution in [0.3, 0.4) is 0 Å². The van der Waals surface area contributed by atoms with Gasteiger partial charge in [-0.1, -0.05) is 67.3 Å². The first-order chi connectivity index (χ1) is 12.3. The van der Waals surface area contributed by atoms with Crippen LogP contribution in [0.15, 0.2) is 97.1 Å². The lowest BCUT2D eigenvalue weighted by Crippen LogP contribution is -2.02. The number of fused-ring (bicyclic) bond motifs is 1. The van der Waals surface area contributed by atoms with Crippen molar-refractivity contribution in [2.75, 3.05) is 11.9 Å². The van der Waals surface area contributed by atoms with Gasteiger partial charge in [-0.05, 0) is 36.8 Å². The maximum Gasteiger partial charge on any atom is 0.0709 e.